The lowest BCUT2D eigenvalue weighted by molar-refractivity contribution is -0.121. The van der Waals surface area contributed by atoms with E-state index >= 15 is 0 Å². The van der Waals surface area contributed by atoms with Gasteiger partial charge in [-0.2, -0.15) is 0 Å². The van der Waals surface area contributed by atoms with Gasteiger partial charge in [0.15, 0.2) is 0 Å². The average Bonchev–Trinajstić information content (AvgIpc) is 2.95. The third kappa shape index (κ3) is 5.85. The number of allylic oxidation sites excluding steroid dienone is 2. The van der Waals surface area contributed by atoms with Crippen molar-refractivity contribution in [2.24, 2.45) is 0 Å². The highest BCUT2D eigenvalue weighted by Gasteiger charge is 2.44. The van der Waals surface area contributed by atoms with E-state index in [4.69, 9.17) is 9.47 Å². The quantitative estimate of drug-likeness (QED) is 0.195. The molecule has 198 valence electrons. The van der Waals surface area contributed by atoms with E-state index in [9.17, 15) is 9.59 Å². The number of carbonyl (C=O) groups is 2. The van der Waals surface area contributed by atoms with Crippen molar-refractivity contribution in [1.82, 2.24) is 0 Å². The van der Waals surface area contributed by atoms with Gasteiger partial charge in [-0.15, -0.1) is 0 Å². The van der Waals surface area contributed by atoms with E-state index in [1.165, 1.54) is 30.1 Å². The molecule has 0 saturated carbocycles. The number of hydrogen-bond donors (Lipinski definition) is 0. The molecule has 0 radical (unpaired) electrons. The molecule has 0 heterocycles. The van der Waals surface area contributed by atoms with Crippen LogP contribution in [-0.2, 0) is 19.1 Å². The Hall–Kier alpha value is -3.01. The van der Waals surface area contributed by atoms with Crippen molar-refractivity contribution >= 4 is 34.7 Å². The Balaban J connectivity index is 0.00000400. The monoisotopic (exact) mass is 592 g/mol. The van der Waals surface area contributed by atoms with Gasteiger partial charge in [-0.3, -0.25) is 9.59 Å². The molecule has 3 aromatic carbocycles. The predicted molar refractivity (Wildman–Crippen MR) is 152 cm³/mol. The summed E-state index contributed by atoms with van der Waals surface area (Å²) in [4.78, 5) is 25.7. The molecule has 1 aliphatic carbocycles. The van der Waals surface area contributed by atoms with Crippen molar-refractivity contribution < 1.29 is 36.0 Å². The second kappa shape index (κ2) is 13.7. The molecule has 38 heavy (non-hydrogen) atoms. The molecule has 0 fully saturated rings. The largest absolute Gasteiger partial charge is 1.00 e. The van der Waals surface area contributed by atoms with Crippen LogP contribution in [0.3, 0.4) is 0 Å². The van der Waals surface area contributed by atoms with Gasteiger partial charge < -0.3 is 26.5 Å². The summed E-state index contributed by atoms with van der Waals surface area (Å²) in [6.45, 7) is 1.71. The van der Waals surface area contributed by atoms with Crippen LogP contribution in [0.2, 0.25) is 0 Å². The fourth-order valence-corrected chi connectivity index (χ4v) is 9.61. The topological polar surface area (TPSA) is 52.6 Å². The first-order chi connectivity index (χ1) is 18.0. The maximum absolute atomic E-state index is 13.0. The Morgan fingerprint density at radius 3 is 1.45 bits per heavy atom. The summed E-state index contributed by atoms with van der Waals surface area (Å²) in [5.41, 5.74) is 1.00. The fourth-order valence-electron chi connectivity index (χ4n) is 5.20. The van der Waals surface area contributed by atoms with Crippen LogP contribution >= 0.6 is 7.26 Å². The molecule has 1 aliphatic rings. The van der Waals surface area contributed by atoms with Crippen molar-refractivity contribution in [3.05, 3.63) is 114 Å². The van der Waals surface area contributed by atoms with Gasteiger partial charge in [-0.25, -0.2) is 0 Å². The minimum atomic E-state index is -1.86. The Labute approximate surface area is 236 Å². The smallest absolute Gasteiger partial charge is 0.228 e. The van der Waals surface area contributed by atoms with Gasteiger partial charge in [0.2, 0.25) is 23.1 Å². The summed E-state index contributed by atoms with van der Waals surface area (Å²) in [5, 5.41) is 4.13. The maximum atomic E-state index is 13.0. The zero-order valence-corrected chi connectivity index (χ0v) is 24.6. The van der Waals surface area contributed by atoms with Crippen LogP contribution < -0.4 is 32.9 Å². The minimum Gasteiger partial charge on any atom is -1.00 e. The first-order valence-corrected chi connectivity index (χ1v) is 14.7. The predicted octanol–water partition coefficient (Wildman–Crippen LogP) is 2.52. The molecule has 4 nitrogen and oxygen atoms in total. The Bertz CT molecular complexity index is 1200. The van der Waals surface area contributed by atoms with Gasteiger partial charge in [0.25, 0.3) is 0 Å². The van der Waals surface area contributed by atoms with Crippen LogP contribution in [0.1, 0.15) is 32.6 Å². The van der Waals surface area contributed by atoms with Crippen molar-refractivity contribution in [2.75, 3.05) is 20.4 Å². The molecule has 0 spiro atoms. The molecular formula is C32H34BrO4P. The van der Waals surface area contributed by atoms with Crippen molar-refractivity contribution in [3.8, 4) is 0 Å². The lowest BCUT2D eigenvalue weighted by Crippen LogP contribution is -3.00. The molecule has 0 saturated heterocycles. The zero-order valence-electron chi connectivity index (χ0n) is 22.2. The Morgan fingerprint density at radius 1 is 0.605 bits per heavy atom. The van der Waals surface area contributed by atoms with E-state index in [1.807, 2.05) is 0 Å². The van der Waals surface area contributed by atoms with E-state index < -0.39 is 7.26 Å². The van der Waals surface area contributed by atoms with Crippen LogP contribution in [-0.4, -0.2) is 31.9 Å². The molecule has 0 aromatic heterocycles. The molecule has 4 rings (SSSR count). The van der Waals surface area contributed by atoms with Gasteiger partial charge in [0.1, 0.15) is 23.2 Å². The molecule has 3 aromatic rings. The van der Waals surface area contributed by atoms with E-state index in [0.29, 0.717) is 17.6 Å². The normalized spacial score (nSPS) is 13.9. The third-order valence-electron chi connectivity index (χ3n) is 7.11. The summed E-state index contributed by atoms with van der Waals surface area (Å²) < 4.78 is 10.4. The zero-order chi connectivity index (χ0) is 26.3. The van der Waals surface area contributed by atoms with Crippen molar-refractivity contribution in [3.63, 3.8) is 0 Å². The number of rotatable bonds is 11. The number of carbonyl (C=O) groups excluding carboxylic acids is 2. The van der Waals surface area contributed by atoms with Gasteiger partial charge in [-0.05, 0) is 69.0 Å². The van der Waals surface area contributed by atoms with Gasteiger partial charge in [-0.1, -0.05) is 54.6 Å². The van der Waals surface area contributed by atoms with E-state index in [2.05, 4.69) is 91.0 Å². The molecule has 6 heteroatoms. The molecule has 0 atom stereocenters. The highest BCUT2D eigenvalue weighted by atomic mass is 79.9. The van der Waals surface area contributed by atoms with Gasteiger partial charge in [0.05, 0.1) is 20.4 Å². The Morgan fingerprint density at radius 2 is 1.03 bits per heavy atom. The number of halogens is 1. The van der Waals surface area contributed by atoms with Crippen molar-refractivity contribution in [2.45, 2.75) is 32.6 Å². The number of benzene rings is 3. The summed E-state index contributed by atoms with van der Waals surface area (Å²) in [7, 11) is 0.925. The van der Waals surface area contributed by atoms with Crippen LogP contribution in [0.15, 0.2) is 114 Å². The fraction of sp³-hybridized carbons (Fsp3) is 0.250. The summed E-state index contributed by atoms with van der Waals surface area (Å²) in [6.07, 6.45) is 4.37. The highest BCUT2D eigenvalue weighted by Crippen LogP contribution is 2.56. The van der Waals surface area contributed by atoms with E-state index in [1.54, 1.807) is 6.92 Å². The second-order valence-electron chi connectivity index (χ2n) is 9.18. The SMILES string of the molecule is COC1=C(OC)C(=O)C(CCCCC[P+](c2ccccc2)(c2ccccc2)c2ccccc2)=C(C)C1=O.[Br-]. The van der Waals surface area contributed by atoms with E-state index in [0.717, 1.165) is 25.4 Å². The first-order valence-electron chi connectivity index (χ1n) is 12.7. The summed E-state index contributed by atoms with van der Waals surface area (Å²) in [5.74, 6) is -0.500. The number of ketones is 2. The number of ether oxygens (including phenoxy) is 2. The van der Waals surface area contributed by atoms with Crippen LogP contribution in [0.4, 0.5) is 0 Å². The average molecular weight is 593 g/mol. The number of hydrogen-bond acceptors (Lipinski definition) is 4. The van der Waals surface area contributed by atoms with Crippen LogP contribution in [0, 0.1) is 0 Å². The molecule has 0 amide bonds. The molecule has 0 unspecified atom stereocenters. The van der Waals surface area contributed by atoms with E-state index in [-0.39, 0.29) is 40.1 Å². The summed E-state index contributed by atoms with van der Waals surface area (Å²) in [6, 6.07) is 32.6. The Kier molecular flexibility index (Phi) is 10.6. The number of Topliss-reactive ketones (excluding diaryl/α,β-unsaturated/α-hetero) is 2. The highest BCUT2D eigenvalue weighted by molar-refractivity contribution is 7.95. The van der Waals surface area contributed by atoms with Crippen molar-refractivity contribution in [1.29, 1.82) is 0 Å². The minimum absolute atomic E-state index is 0. The first kappa shape index (κ1) is 29.5. The van der Waals surface area contributed by atoms with Crippen LogP contribution in [0.25, 0.3) is 0 Å². The molecular weight excluding hydrogens is 559 g/mol. The molecule has 0 bridgehead atoms. The van der Waals surface area contributed by atoms with Gasteiger partial charge >= 0.3 is 0 Å². The van der Waals surface area contributed by atoms with Gasteiger partial charge in [0, 0.05) is 11.1 Å². The molecule has 0 aliphatic heterocycles. The lowest BCUT2D eigenvalue weighted by atomic mass is 9.89. The maximum Gasteiger partial charge on any atom is 0.228 e. The summed E-state index contributed by atoms with van der Waals surface area (Å²) >= 11 is 0. The van der Waals surface area contributed by atoms with Crippen LogP contribution in [0.5, 0.6) is 0 Å². The number of unbranched alkanes of at least 4 members (excludes halogenated alkanes) is 2. The second-order valence-corrected chi connectivity index (χ2v) is 12.8. The number of methoxy groups -OCH3 is 2. The molecule has 0 N–H and O–H groups in total. The third-order valence-corrected chi connectivity index (χ3v) is 11.6. The standard InChI is InChI=1S/C32H34O4P.BrH/c1-24-28(30(34)32(36-3)31(35-2)29(24)33)22-14-7-15-23-37(25-16-8-4-9-17-25,26-18-10-5-11-19-26)27-20-12-6-13-21-27;/h4-6,8-13,16-21H,7,14-15,22-23H2,1-3H3;1H/q+1;/p-1. The lowest BCUT2D eigenvalue weighted by Gasteiger charge is -2.27.